The largest absolute Gasteiger partial charge is 0.304 e. The van der Waals surface area contributed by atoms with Gasteiger partial charge in [0.15, 0.2) is 5.82 Å². The molecular weight excluding hydrogens is 216 g/mol. The Kier molecular flexibility index (Phi) is 4.05. The Bertz CT molecular complexity index is 487. The first kappa shape index (κ1) is 13.0. The minimum absolute atomic E-state index is 0.159. The first-order valence-corrected chi connectivity index (χ1v) is 5.40. The standard InChI is InChI=1S/C12H16N4O/c1-7(2)5-10(17)14-12-9(6-13)11(8(3)4)15-16-12/h5,8H,1-4H3,(H2,14,15,16,17). The molecule has 0 atom stereocenters. The summed E-state index contributed by atoms with van der Waals surface area (Å²) in [5.74, 6) is 0.174. The molecule has 0 saturated heterocycles. The lowest BCUT2D eigenvalue weighted by atomic mass is 10.1. The fourth-order valence-electron chi connectivity index (χ4n) is 1.39. The van der Waals surface area contributed by atoms with Gasteiger partial charge in [-0.05, 0) is 19.8 Å². The summed E-state index contributed by atoms with van der Waals surface area (Å²) in [6.45, 7) is 7.57. The van der Waals surface area contributed by atoms with Crippen LogP contribution < -0.4 is 5.32 Å². The number of rotatable bonds is 3. The summed E-state index contributed by atoms with van der Waals surface area (Å²) in [5.41, 5.74) is 2.02. The van der Waals surface area contributed by atoms with Gasteiger partial charge in [-0.25, -0.2) is 0 Å². The van der Waals surface area contributed by atoms with E-state index in [1.165, 1.54) is 6.08 Å². The van der Waals surface area contributed by atoms with E-state index in [-0.39, 0.29) is 11.8 Å². The molecule has 5 heteroatoms. The predicted molar refractivity (Wildman–Crippen MR) is 65.5 cm³/mol. The molecule has 0 aliphatic carbocycles. The molecular formula is C12H16N4O. The smallest absolute Gasteiger partial charge is 0.249 e. The van der Waals surface area contributed by atoms with E-state index in [4.69, 9.17) is 5.26 Å². The number of anilines is 1. The van der Waals surface area contributed by atoms with E-state index in [2.05, 4.69) is 21.6 Å². The molecule has 90 valence electrons. The SMILES string of the molecule is CC(C)=CC(=O)Nc1n[nH]c(C(C)C)c1C#N. The second kappa shape index (κ2) is 5.30. The minimum atomic E-state index is -0.275. The molecule has 1 aromatic heterocycles. The maximum atomic E-state index is 11.5. The van der Waals surface area contributed by atoms with Crippen molar-refractivity contribution >= 4 is 11.7 Å². The zero-order chi connectivity index (χ0) is 13.0. The van der Waals surface area contributed by atoms with Crippen LogP contribution in [0.1, 0.15) is 44.9 Å². The van der Waals surface area contributed by atoms with Gasteiger partial charge in [-0.15, -0.1) is 0 Å². The Morgan fingerprint density at radius 1 is 1.53 bits per heavy atom. The van der Waals surface area contributed by atoms with Gasteiger partial charge < -0.3 is 5.32 Å². The van der Waals surface area contributed by atoms with Crippen LogP contribution in [0.15, 0.2) is 11.6 Å². The summed E-state index contributed by atoms with van der Waals surface area (Å²) in [6, 6.07) is 2.06. The maximum absolute atomic E-state index is 11.5. The summed E-state index contributed by atoms with van der Waals surface area (Å²) in [4.78, 5) is 11.5. The first-order valence-electron chi connectivity index (χ1n) is 5.40. The van der Waals surface area contributed by atoms with E-state index < -0.39 is 0 Å². The van der Waals surface area contributed by atoms with Crippen LogP contribution in [0.5, 0.6) is 0 Å². The quantitative estimate of drug-likeness (QED) is 0.784. The van der Waals surface area contributed by atoms with E-state index in [1.807, 2.05) is 27.7 Å². The lowest BCUT2D eigenvalue weighted by Gasteiger charge is -2.01. The van der Waals surface area contributed by atoms with E-state index in [0.717, 1.165) is 11.3 Å². The molecule has 0 unspecified atom stereocenters. The second-order valence-corrected chi connectivity index (χ2v) is 4.34. The number of nitriles is 1. The van der Waals surface area contributed by atoms with E-state index in [1.54, 1.807) is 0 Å². The van der Waals surface area contributed by atoms with Gasteiger partial charge in [-0.2, -0.15) is 10.4 Å². The molecule has 17 heavy (non-hydrogen) atoms. The number of carbonyl (C=O) groups is 1. The molecule has 0 saturated carbocycles. The van der Waals surface area contributed by atoms with Gasteiger partial charge >= 0.3 is 0 Å². The molecule has 2 N–H and O–H groups in total. The van der Waals surface area contributed by atoms with Gasteiger partial charge in [0.05, 0.1) is 5.69 Å². The zero-order valence-corrected chi connectivity index (χ0v) is 10.5. The number of allylic oxidation sites excluding steroid dienone is 1. The van der Waals surface area contributed by atoms with Crippen molar-refractivity contribution in [2.75, 3.05) is 5.32 Å². The molecule has 1 aromatic rings. The molecule has 0 aliphatic rings. The Morgan fingerprint density at radius 3 is 2.65 bits per heavy atom. The Labute approximate surface area is 101 Å². The Balaban J connectivity index is 2.98. The van der Waals surface area contributed by atoms with Crippen molar-refractivity contribution in [2.45, 2.75) is 33.6 Å². The third-order valence-corrected chi connectivity index (χ3v) is 2.14. The molecule has 0 spiro atoms. The third-order valence-electron chi connectivity index (χ3n) is 2.14. The van der Waals surface area contributed by atoms with Crippen molar-refractivity contribution in [1.29, 1.82) is 5.26 Å². The summed E-state index contributed by atoms with van der Waals surface area (Å²) < 4.78 is 0. The average Bonchev–Trinajstić information content (AvgIpc) is 2.59. The van der Waals surface area contributed by atoms with Crippen molar-refractivity contribution in [2.24, 2.45) is 0 Å². The van der Waals surface area contributed by atoms with Crippen LogP contribution >= 0.6 is 0 Å². The molecule has 0 radical (unpaired) electrons. The molecule has 0 fully saturated rings. The van der Waals surface area contributed by atoms with Crippen molar-refractivity contribution in [3.63, 3.8) is 0 Å². The number of H-pyrrole nitrogens is 1. The van der Waals surface area contributed by atoms with Crippen LogP contribution in [0, 0.1) is 11.3 Å². The number of nitrogens with zero attached hydrogens (tertiary/aromatic N) is 2. The second-order valence-electron chi connectivity index (χ2n) is 4.34. The van der Waals surface area contributed by atoms with E-state index in [0.29, 0.717) is 11.4 Å². The highest BCUT2D eigenvalue weighted by molar-refractivity contribution is 5.99. The molecule has 1 rings (SSSR count). The number of aromatic amines is 1. The normalized spacial score (nSPS) is 9.88. The van der Waals surface area contributed by atoms with Gasteiger partial charge in [-0.3, -0.25) is 9.89 Å². The number of aromatic nitrogens is 2. The number of carbonyl (C=O) groups excluding carboxylic acids is 1. The van der Waals surface area contributed by atoms with E-state index >= 15 is 0 Å². The highest BCUT2D eigenvalue weighted by Gasteiger charge is 2.16. The minimum Gasteiger partial charge on any atom is -0.304 e. The van der Waals surface area contributed by atoms with Gasteiger partial charge in [0.25, 0.3) is 0 Å². The lowest BCUT2D eigenvalue weighted by Crippen LogP contribution is -2.10. The van der Waals surface area contributed by atoms with Crippen LogP contribution in [0.4, 0.5) is 5.82 Å². The Hall–Kier alpha value is -2.09. The van der Waals surface area contributed by atoms with E-state index in [9.17, 15) is 4.79 Å². The number of amides is 1. The highest BCUT2D eigenvalue weighted by atomic mass is 16.1. The fourth-order valence-corrected chi connectivity index (χ4v) is 1.39. The Morgan fingerprint density at radius 2 is 2.18 bits per heavy atom. The summed E-state index contributed by atoms with van der Waals surface area (Å²) in [6.07, 6.45) is 1.46. The summed E-state index contributed by atoms with van der Waals surface area (Å²) >= 11 is 0. The first-order chi connectivity index (χ1) is 7.95. The van der Waals surface area contributed by atoms with Crippen LogP contribution in [0.3, 0.4) is 0 Å². The van der Waals surface area contributed by atoms with Gasteiger partial charge in [0.2, 0.25) is 5.91 Å². The van der Waals surface area contributed by atoms with Crippen LogP contribution in [0.2, 0.25) is 0 Å². The highest BCUT2D eigenvalue weighted by Crippen LogP contribution is 2.22. The van der Waals surface area contributed by atoms with Crippen molar-refractivity contribution in [3.05, 3.63) is 22.9 Å². The number of nitrogens with one attached hydrogen (secondary N) is 2. The topological polar surface area (TPSA) is 81.6 Å². The van der Waals surface area contributed by atoms with Crippen LogP contribution in [-0.4, -0.2) is 16.1 Å². The molecule has 0 bridgehead atoms. The monoisotopic (exact) mass is 232 g/mol. The van der Waals surface area contributed by atoms with Gasteiger partial charge in [-0.1, -0.05) is 19.4 Å². The van der Waals surface area contributed by atoms with Crippen LogP contribution in [-0.2, 0) is 4.79 Å². The van der Waals surface area contributed by atoms with Gasteiger partial charge in [0, 0.05) is 6.08 Å². The van der Waals surface area contributed by atoms with Crippen molar-refractivity contribution in [3.8, 4) is 6.07 Å². The average molecular weight is 232 g/mol. The zero-order valence-electron chi connectivity index (χ0n) is 10.5. The molecule has 0 aliphatic heterocycles. The molecule has 5 nitrogen and oxygen atoms in total. The summed E-state index contributed by atoms with van der Waals surface area (Å²) in [5, 5.41) is 18.4. The lowest BCUT2D eigenvalue weighted by molar-refractivity contribution is -0.112. The van der Waals surface area contributed by atoms with Crippen LogP contribution in [0.25, 0.3) is 0 Å². The predicted octanol–water partition coefficient (Wildman–Crippen LogP) is 2.31. The number of hydrogen-bond donors (Lipinski definition) is 2. The number of hydrogen-bond acceptors (Lipinski definition) is 3. The molecule has 1 amide bonds. The summed E-state index contributed by atoms with van der Waals surface area (Å²) in [7, 11) is 0. The van der Waals surface area contributed by atoms with Crippen molar-refractivity contribution < 1.29 is 4.79 Å². The molecule has 1 heterocycles. The third kappa shape index (κ3) is 3.18. The molecule has 0 aromatic carbocycles. The fraction of sp³-hybridized carbons (Fsp3) is 0.417. The van der Waals surface area contributed by atoms with Crippen molar-refractivity contribution in [1.82, 2.24) is 10.2 Å². The maximum Gasteiger partial charge on any atom is 0.249 e. The van der Waals surface area contributed by atoms with Gasteiger partial charge in [0.1, 0.15) is 11.6 Å².